The summed E-state index contributed by atoms with van der Waals surface area (Å²) >= 11 is 0. The normalized spacial score (nSPS) is 13.9. The number of ether oxygens (including phenoxy) is 3. The van der Waals surface area contributed by atoms with Crippen molar-refractivity contribution in [3.63, 3.8) is 0 Å². The first-order chi connectivity index (χ1) is 11.2. The molecule has 1 aliphatic carbocycles. The van der Waals surface area contributed by atoms with Gasteiger partial charge in [-0.2, -0.15) is 0 Å². The smallest absolute Gasteiger partial charge is 0.223 e. The van der Waals surface area contributed by atoms with Crippen molar-refractivity contribution in [2.75, 3.05) is 27.9 Å². The van der Waals surface area contributed by atoms with Gasteiger partial charge in [-0.1, -0.05) is 0 Å². The van der Waals surface area contributed by atoms with Gasteiger partial charge in [-0.25, -0.2) is 0 Å². The van der Waals surface area contributed by atoms with Gasteiger partial charge in [0.25, 0.3) is 0 Å². The zero-order chi connectivity index (χ0) is 16.4. The van der Waals surface area contributed by atoms with Gasteiger partial charge in [0.05, 0.1) is 26.8 Å². The largest absolute Gasteiger partial charge is 0.493 e. The number of aromatic amines is 1. The third-order valence-corrected chi connectivity index (χ3v) is 4.19. The van der Waals surface area contributed by atoms with Gasteiger partial charge < -0.3 is 24.5 Å². The highest BCUT2D eigenvalue weighted by atomic mass is 16.5. The molecule has 1 fully saturated rings. The first-order valence-electron chi connectivity index (χ1n) is 7.76. The summed E-state index contributed by atoms with van der Waals surface area (Å²) in [7, 11) is 4.80. The molecule has 6 heteroatoms. The van der Waals surface area contributed by atoms with E-state index in [1.165, 1.54) is 0 Å². The Hall–Kier alpha value is -2.37. The van der Waals surface area contributed by atoms with Crippen LogP contribution in [0.3, 0.4) is 0 Å². The molecule has 0 atom stereocenters. The fraction of sp³-hybridized carbons (Fsp3) is 0.471. The highest BCUT2D eigenvalue weighted by Gasteiger charge is 2.29. The van der Waals surface area contributed by atoms with E-state index in [-0.39, 0.29) is 11.8 Å². The summed E-state index contributed by atoms with van der Waals surface area (Å²) in [6, 6.07) is 1.89. The van der Waals surface area contributed by atoms with Crippen LogP contribution in [0.1, 0.15) is 18.4 Å². The van der Waals surface area contributed by atoms with E-state index < -0.39 is 0 Å². The van der Waals surface area contributed by atoms with Crippen LogP contribution < -0.4 is 19.5 Å². The Labute approximate surface area is 135 Å². The molecule has 1 aromatic heterocycles. The van der Waals surface area contributed by atoms with Crippen molar-refractivity contribution in [3.05, 3.63) is 17.8 Å². The topological polar surface area (TPSA) is 72.6 Å². The minimum Gasteiger partial charge on any atom is -0.493 e. The van der Waals surface area contributed by atoms with E-state index in [0.717, 1.165) is 35.7 Å². The second-order valence-corrected chi connectivity index (χ2v) is 5.70. The van der Waals surface area contributed by atoms with Crippen molar-refractivity contribution in [2.45, 2.75) is 19.3 Å². The van der Waals surface area contributed by atoms with E-state index in [1.807, 2.05) is 12.3 Å². The first kappa shape index (κ1) is 15.5. The van der Waals surface area contributed by atoms with Crippen molar-refractivity contribution >= 4 is 16.8 Å². The van der Waals surface area contributed by atoms with Gasteiger partial charge >= 0.3 is 0 Å². The molecular weight excluding hydrogens is 296 g/mol. The minimum atomic E-state index is 0.163. The number of hydrogen-bond donors (Lipinski definition) is 2. The average molecular weight is 318 g/mol. The Morgan fingerprint density at radius 3 is 2.57 bits per heavy atom. The Kier molecular flexibility index (Phi) is 4.32. The van der Waals surface area contributed by atoms with Crippen LogP contribution in [0.4, 0.5) is 0 Å². The lowest BCUT2D eigenvalue weighted by atomic mass is 10.1. The van der Waals surface area contributed by atoms with Gasteiger partial charge in [-0.3, -0.25) is 4.79 Å². The lowest BCUT2D eigenvalue weighted by molar-refractivity contribution is -0.122. The second-order valence-electron chi connectivity index (χ2n) is 5.70. The monoisotopic (exact) mass is 318 g/mol. The quantitative estimate of drug-likeness (QED) is 0.821. The van der Waals surface area contributed by atoms with E-state index >= 15 is 0 Å². The van der Waals surface area contributed by atoms with Crippen LogP contribution in [-0.4, -0.2) is 38.8 Å². The molecule has 0 radical (unpaired) electrons. The number of carbonyl (C=O) groups excluding carboxylic acids is 1. The number of methoxy groups -OCH3 is 3. The van der Waals surface area contributed by atoms with Crippen LogP contribution in [0.15, 0.2) is 12.3 Å². The highest BCUT2D eigenvalue weighted by Crippen LogP contribution is 2.44. The molecule has 1 heterocycles. The number of rotatable bonds is 7. The molecule has 1 aliphatic rings. The van der Waals surface area contributed by atoms with Crippen LogP contribution in [0.25, 0.3) is 10.9 Å². The lowest BCUT2D eigenvalue weighted by Gasteiger charge is -2.14. The van der Waals surface area contributed by atoms with Crippen LogP contribution in [0.2, 0.25) is 0 Å². The van der Waals surface area contributed by atoms with Crippen LogP contribution in [0.5, 0.6) is 17.2 Å². The van der Waals surface area contributed by atoms with Crippen LogP contribution in [-0.2, 0) is 11.2 Å². The SMILES string of the molecule is COc1cc2[nH]cc(CCNC(=O)C3CC3)c2c(OC)c1OC. The molecular formula is C17H22N2O4. The lowest BCUT2D eigenvalue weighted by Crippen LogP contribution is -2.26. The van der Waals surface area contributed by atoms with E-state index in [4.69, 9.17) is 14.2 Å². The summed E-state index contributed by atoms with van der Waals surface area (Å²) in [5, 5.41) is 3.95. The number of fused-ring (bicyclic) bond motifs is 1. The van der Waals surface area contributed by atoms with E-state index in [1.54, 1.807) is 21.3 Å². The van der Waals surface area contributed by atoms with Crippen molar-refractivity contribution in [3.8, 4) is 17.2 Å². The second kappa shape index (κ2) is 6.40. The summed E-state index contributed by atoms with van der Waals surface area (Å²) in [6.07, 6.45) is 4.70. The molecule has 1 saturated carbocycles. The van der Waals surface area contributed by atoms with Gasteiger partial charge in [-0.05, 0) is 24.8 Å². The Bertz CT molecular complexity index is 719. The van der Waals surface area contributed by atoms with Crippen LogP contribution >= 0.6 is 0 Å². The predicted octanol–water partition coefficient (Wildman–Crippen LogP) is 2.26. The van der Waals surface area contributed by atoms with Crippen molar-refractivity contribution < 1.29 is 19.0 Å². The van der Waals surface area contributed by atoms with Gasteiger partial charge in [0, 0.05) is 30.1 Å². The maximum absolute atomic E-state index is 11.7. The average Bonchev–Trinajstić information content (AvgIpc) is 3.35. The standard InChI is InChI=1S/C17H22N2O4/c1-21-13-8-12-14(16(23-3)15(13)22-2)11(9-19-12)6-7-18-17(20)10-4-5-10/h8-10,19H,4-7H2,1-3H3,(H,18,20). The van der Waals surface area contributed by atoms with Gasteiger partial charge in [0.1, 0.15) is 0 Å². The summed E-state index contributed by atoms with van der Waals surface area (Å²) in [5.74, 6) is 2.23. The number of benzene rings is 1. The molecule has 0 unspecified atom stereocenters. The summed E-state index contributed by atoms with van der Waals surface area (Å²) in [6.45, 7) is 0.611. The maximum Gasteiger partial charge on any atom is 0.223 e. The van der Waals surface area contributed by atoms with Crippen molar-refractivity contribution in [1.29, 1.82) is 0 Å². The number of hydrogen-bond acceptors (Lipinski definition) is 4. The fourth-order valence-electron chi connectivity index (χ4n) is 2.83. The summed E-state index contributed by atoms with van der Waals surface area (Å²) in [5.41, 5.74) is 2.00. The maximum atomic E-state index is 11.7. The van der Waals surface area contributed by atoms with Gasteiger partial charge in [-0.15, -0.1) is 0 Å². The Morgan fingerprint density at radius 1 is 1.22 bits per heavy atom. The summed E-state index contributed by atoms with van der Waals surface area (Å²) < 4.78 is 16.4. The van der Waals surface area contributed by atoms with Gasteiger partial charge in [0.2, 0.25) is 11.7 Å². The predicted molar refractivity (Wildman–Crippen MR) is 87.4 cm³/mol. The van der Waals surface area contributed by atoms with E-state index in [0.29, 0.717) is 23.8 Å². The number of aromatic nitrogens is 1. The molecule has 1 aromatic carbocycles. The van der Waals surface area contributed by atoms with Crippen LogP contribution in [0, 0.1) is 5.92 Å². The first-order valence-corrected chi connectivity index (χ1v) is 7.76. The number of carbonyl (C=O) groups is 1. The zero-order valence-corrected chi connectivity index (χ0v) is 13.7. The number of nitrogens with one attached hydrogen (secondary N) is 2. The molecule has 6 nitrogen and oxygen atoms in total. The Balaban J connectivity index is 1.87. The third kappa shape index (κ3) is 2.93. The molecule has 0 spiro atoms. The molecule has 0 saturated heterocycles. The molecule has 1 amide bonds. The van der Waals surface area contributed by atoms with Gasteiger partial charge in [0.15, 0.2) is 11.5 Å². The molecule has 2 N–H and O–H groups in total. The number of amides is 1. The highest BCUT2D eigenvalue weighted by molar-refractivity contribution is 5.94. The number of H-pyrrole nitrogens is 1. The van der Waals surface area contributed by atoms with Crippen molar-refractivity contribution in [2.24, 2.45) is 5.92 Å². The molecule has 2 aromatic rings. The third-order valence-electron chi connectivity index (χ3n) is 4.19. The van der Waals surface area contributed by atoms with E-state index in [9.17, 15) is 4.79 Å². The summed E-state index contributed by atoms with van der Waals surface area (Å²) in [4.78, 5) is 15.0. The molecule has 0 bridgehead atoms. The van der Waals surface area contributed by atoms with E-state index in [2.05, 4.69) is 10.3 Å². The molecule has 0 aliphatic heterocycles. The molecule has 124 valence electrons. The fourth-order valence-corrected chi connectivity index (χ4v) is 2.83. The zero-order valence-electron chi connectivity index (χ0n) is 13.7. The molecule has 23 heavy (non-hydrogen) atoms. The Morgan fingerprint density at radius 2 is 1.96 bits per heavy atom. The molecule has 3 rings (SSSR count). The minimum absolute atomic E-state index is 0.163. The van der Waals surface area contributed by atoms with Crippen molar-refractivity contribution in [1.82, 2.24) is 10.3 Å².